The molecule has 0 amide bonds. The molecule has 0 saturated heterocycles. The van der Waals surface area contributed by atoms with Gasteiger partial charge in [-0.15, -0.1) is 0 Å². The molecule has 0 bridgehead atoms. The van der Waals surface area contributed by atoms with Crippen molar-refractivity contribution in [3.8, 4) is 0 Å². The maximum Gasteiger partial charge on any atom is 0.306 e. The quantitative estimate of drug-likeness (QED) is 0.442. The van der Waals surface area contributed by atoms with E-state index < -0.39 is 0 Å². The van der Waals surface area contributed by atoms with Crippen molar-refractivity contribution in [1.29, 1.82) is 0 Å². The number of hydrogen-bond acceptors (Lipinski definition) is 2. The van der Waals surface area contributed by atoms with E-state index in [0.29, 0.717) is 6.42 Å². The molecule has 0 fully saturated rings. The van der Waals surface area contributed by atoms with Gasteiger partial charge in [-0.1, -0.05) is 19.6 Å². The van der Waals surface area contributed by atoms with E-state index in [9.17, 15) is 4.79 Å². The maximum absolute atomic E-state index is 10.7. The second-order valence-electron chi connectivity index (χ2n) is 2.18. The molecule has 0 aromatic carbocycles. The largest absolute Gasteiger partial charge is 0.458 e. The molecule has 0 aliphatic rings. The highest BCUT2D eigenvalue weighted by molar-refractivity contribution is 5.69. The molecule has 0 aliphatic carbocycles. The van der Waals surface area contributed by atoms with Crippen molar-refractivity contribution in [2.24, 2.45) is 0 Å². The van der Waals surface area contributed by atoms with Gasteiger partial charge in [0.05, 0.1) is 0 Å². The van der Waals surface area contributed by atoms with Gasteiger partial charge in [-0.05, 0) is 13.3 Å². The Hall–Kier alpha value is -0.790. The number of carbonyl (C=O) groups is 1. The van der Waals surface area contributed by atoms with Gasteiger partial charge in [-0.3, -0.25) is 4.79 Å². The molecule has 1 atom stereocenters. The molecule has 0 heterocycles. The first-order valence-electron chi connectivity index (χ1n) is 3.52. The van der Waals surface area contributed by atoms with E-state index in [1.165, 1.54) is 0 Å². The normalized spacial score (nSPS) is 12.2. The maximum atomic E-state index is 10.7. The summed E-state index contributed by atoms with van der Waals surface area (Å²) in [7, 11) is 0. The standard InChI is InChI=1S/C8H14O2/c1-4-6-8(9)10-7(3)5-2/h5,7H,2,4,6H2,1,3H3/t7-/m1/s1. The van der Waals surface area contributed by atoms with Crippen LogP contribution in [-0.4, -0.2) is 12.1 Å². The summed E-state index contributed by atoms with van der Waals surface area (Å²) in [6.45, 7) is 7.23. The van der Waals surface area contributed by atoms with E-state index >= 15 is 0 Å². The highest BCUT2D eigenvalue weighted by Gasteiger charge is 2.03. The number of ether oxygens (including phenoxy) is 1. The zero-order valence-corrected chi connectivity index (χ0v) is 6.59. The Morgan fingerprint density at radius 3 is 2.80 bits per heavy atom. The Morgan fingerprint density at radius 1 is 1.80 bits per heavy atom. The molecule has 58 valence electrons. The van der Waals surface area contributed by atoms with Crippen LogP contribution in [0.5, 0.6) is 0 Å². The van der Waals surface area contributed by atoms with Gasteiger partial charge in [-0.2, -0.15) is 0 Å². The molecular formula is C8H14O2. The molecule has 0 unspecified atom stereocenters. The van der Waals surface area contributed by atoms with Crippen molar-refractivity contribution in [2.45, 2.75) is 32.8 Å². The molecule has 0 aromatic rings. The van der Waals surface area contributed by atoms with Crippen molar-refractivity contribution >= 4 is 5.97 Å². The van der Waals surface area contributed by atoms with Crippen molar-refractivity contribution in [3.05, 3.63) is 12.7 Å². The molecule has 2 nitrogen and oxygen atoms in total. The number of rotatable bonds is 4. The van der Waals surface area contributed by atoms with Crippen molar-refractivity contribution in [1.82, 2.24) is 0 Å². The van der Waals surface area contributed by atoms with Gasteiger partial charge in [0.1, 0.15) is 6.10 Å². The fourth-order valence-corrected chi connectivity index (χ4v) is 0.518. The first kappa shape index (κ1) is 9.21. The number of hydrogen-bond donors (Lipinski definition) is 0. The van der Waals surface area contributed by atoms with E-state index in [0.717, 1.165) is 6.42 Å². The summed E-state index contributed by atoms with van der Waals surface area (Å²) in [5.41, 5.74) is 0. The van der Waals surface area contributed by atoms with Crippen LogP contribution in [0.3, 0.4) is 0 Å². The van der Waals surface area contributed by atoms with Crippen LogP contribution in [0, 0.1) is 0 Å². The summed E-state index contributed by atoms with van der Waals surface area (Å²) < 4.78 is 4.88. The van der Waals surface area contributed by atoms with E-state index in [-0.39, 0.29) is 12.1 Å². The van der Waals surface area contributed by atoms with Crippen LogP contribution in [0.2, 0.25) is 0 Å². The second kappa shape index (κ2) is 5.03. The summed E-state index contributed by atoms with van der Waals surface area (Å²) in [4.78, 5) is 10.7. The molecule has 2 heteroatoms. The molecule has 0 N–H and O–H groups in total. The molecular weight excluding hydrogens is 128 g/mol. The van der Waals surface area contributed by atoms with Gasteiger partial charge >= 0.3 is 5.97 Å². The summed E-state index contributed by atoms with van der Waals surface area (Å²) in [6, 6.07) is 0. The highest BCUT2D eigenvalue weighted by Crippen LogP contribution is 1.96. The molecule has 0 rings (SSSR count). The highest BCUT2D eigenvalue weighted by atomic mass is 16.5. The monoisotopic (exact) mass is 142 g/mol. The third-order valence-electron chi connectivity index (χ3n) is 1.10. The Labute approximate surface area is 61.9 Å². The number of esters is 1. The van der Waals surface area contributed by atoms with Crippen LogP contribution in [0.15, 0.2) is 12.7 Å². The number of carbonyl (C=O) groups excluding carboxylic acids is 1. The smallest absolute Gasteiger partial charge is 0.306 e. The van der Waals surface area contributed by atoms with Gasteiger partial charge in [0.25, 0.3) is 0 Å². The minimum atomic E-state index is -0.154. The second-order valence-corrected chi connectivity index (χ2v) is 2.18. The predicted octanol–water partition coefficient (Wildman–Crippen LogP) is 1.90. The van der Waals surface area contributed by atoms with Crippen LogP contribution in [0.4, 0.5) is 0 Å². The Kier molecular flexibility index (Phi) is 4.63. The van der Waals surface area contributed by atoms with E-state index in [2.05, 4.69) is 6.58 Å². The van der Waals surface area contributed by atoms with Crippen LogP contribution in [0.25, 0.3) is 0 Å². The minimum Gasteiger partial charge on any atom is -0.458 e. The lowest BCUT2D eigenvalue weighted by Gasteiger charge is -2.06. The molecule has 0 saturated carbocycles. The van der Waals surface area contributed by atoms with E-state index in [4.69, 9.17) is 4.74 Å². The molecule has 0 radical (unpaired) electrons. The Morgan fingerprint density at radius 2 is 2.40 bits per heavy atom. The SMILES string of the molecule is C=C[C@@H](C)OC(=O)CCC. The molecule has 0 spiro atoms. The Balaban J connectivity index is 3.46. The fraction of sp³-hybridized carbons (Fsp3) is 0.625. The third kappa shape index (κ3) is 4.13. The van der Waals surface area contributed by atoms with Crippen molar-refractivity contribution in [2.75, 3.05) is 0 Å². The van der Waals surface area contributed by atoms with Crippen LogP contribution in [0.1, 0.15) is 26.7 Å². The van der Waals surface area contributed by atoms with Gasteiger partial charge in [0.15, 0.2) is 0 Å². The molecule has 0 aliphatic heterocycles. The Bertz CT molecular complexity index is 118. The van der Waals surface area contributed by atoms with Crippen LogP contribution in [-0.2, 0) is 9.53 Å². The van der Waals surface area contributed by atoms with Crippen LogP contribution < -0.4 is 0 Å². The first-order valence-corrected chi connectivity index (χ1v) is 3.52. The first-order chi connectivity index (χ1) is 4.70. The van der Waals surface area contributed by atoms with Gasteiger partial charge in [0, 0.05) is 6.42 Å². The van der Waals surface area contributed by atoms with Crippen molar-refractivity contribution < 1.29 is 9.53 Å². The lowest BCUT2D eigenvalue weighted by molar-refractivity contribution is -0.146. The van der Waals surface area contributed by atoms with E-state index in [1.807, 2.05) is 6.92 Å². The topological polar surface area (TPSA) is 26.3 Å². The summed E-state index contributed by atoms with van der Waals surface area (Å²) >= 11 is 0. The zero-order chi connectivity index (χ0) is 7.98. The van der Waals surface area contributed by atoms with Crippen LogP contribution >= 0.6 is 0 Å². The lowest BCUT2D eigenvalue weighted by atomic mass is 10.3. The fourth-order valence-electron chi connectivity index (χ4n) is 0.518. The van der Waals surface area contributed by atoms with Gasteiger partial charge < -0.3 is 4.74 Å². The third-order valence-corrected chi connectivity index (χ3v) is 1.10. The summed E-state index contributed by atoms with van der Waals surface area (Å²) in [5.74, 6) is -0.144. The van der Waals surface area contributed by atoms with Gasteiger partial charge in [-0.25, -0.2) is 0 Å². The summed E-state index contributed by atoms with van der Waals surface area (Å²) in [6.07, 6.45) is 2.79. The molecule has 10 heavy (non-hydrogen) atoms. The van der Waals surface area contributed by atoms with E-state index in [1.54, 1.807) is 13.0 Å². The molecule has 0 aromatic heterocycles. The van der Waals surface area contributed by atoms with Gasteiger partial charge in [0.2, 0.25) is 0 Å². The predicted molar refractivity (Wildman–Crippen MR) is 40.7 cm³/mol. The minimum absolute atomic E-state index is 0.144. The summed E-state index contributed by atoms with van der Waals surface area (Å²) in [5, 5.41) is 0. The lowest BCUT2D eigenvalue weighted by Crippen LogP contribution is -2.11. The van der Waals surface area contributed by atoms with Crippen molar-refractivity contribution in [3.63, 3.8) is 0 Å². The average molecular weight is 142 g/mol. The average Bonchev–Trinajstić information content (AvgIpc) is 1.88. The zero-order valence-electron chi connectivity index (χ0n) is 6.59.